The average Bonchev–Trinajstić information content (AvgIpc) is 2.47. The average molecular weight is 276 g/mol. The highest BCUT2D eigenvalue weighted by molar-refractivity contribution is 5.48. The molecule has 0 aliphatic rings. The Bertz CT molecular complexity index is 584. The molecule has 0 aliphatic heterocycles. The Morgan fingerprint density at radius 1 is 1.05 bits per heavy atom. The van der Waals surface area contributed by atoms with Gasteiger partial charge in [-0.05, 0) is 36.8 Å². The van der Waals surface area contributed by atoms with Gasteiger partial charge in [0, 0.05) is 25.2 Å². The number of nitrogens with two attached hydrogens (primary N) is 1. The monoisotopic (exact) mass is 276 g/mol. The molecule has 0 unspecified atom stereocenters. The van der Waals surface area contributed by atoms with Crippen LogP contribution >= 0.6 is 0 Å². The zero-order valence-electron chi connectivity index (χ0n) is 11.4. The molecule has 0 saturated carbocycles. The van der Waals surface area contributed by atoms with Gasteiger partial charge in [-0.3, -0.25) is 0 Å². The molecule has 4 heteroatoms. The molecule has 0 bridgehead atoms. The lowest BCUT2D eigenvalue weighted by Crippen LogP contribution is -2.23. The molecule has 2 aromatic rings. The highest BCUT2D eigenvalue weighted by Crippen LogP contribution is 2.22. The van der Waals surface area contributed by atoms with E-state index in [1.54, 1.807) is 35.2 Å². The third-order valence-corrected chi connectivity index (χ3v) is 3.28. The van der Waals surface area contributed by atoms with E-state index >= 15 is 0 Å². The maximum Gasteiger partial charge on any atom is 0.146 e. The molecule has 0 amide bonds. The number of hydrogen-bond acceptors (Lipinski definition) is 2. The first-order valence-electron chi connectivity index (χ1n) is 6.62. The molecule has 0 fully saturated rings. The first-order valence-corrected chi connectivity index (χ1v) is 6.62. The number of nitrogens with zero attached hydrogens (tertiary/aromatic N) is 1. The largest absolute Gasteiger partial charge is 0.365 e. The second-order valence-electron chi connectivity index (χ2n) is 4.60. The SMILES string of the molecule is CCN(Cc1cc(CN)ccc1F)c1ccccc1F. The summed E-state index contributed by atoms with van der Waals surface area (Å²) in [5.41, 5.74) is 7.44. The molecule has 0 atom stereocenters. The molecular weight excluding hydrogens is 258 g/mol. The smallest absolute Gasteiger partial charge is 0.146 e. The van der Waals surface area contributed by atoms with Crippen LogP contribution in [0.15, 0.2) is 42.5 Å². The molecule has 106 valence electrons. The van der Waals surface area contributed by atoms with Crippen LogP contribution in [0.25, 0.3) is 0 Å². The number of hydrogen-bond donors (Lipinski definition) is 1. The first kappa shape index (κ1) is 14.5. The maximum atomic E-state index is 13.9. The van der Waals surface area contributed by atoms with Gasteiger partial charge in [-0.2, -0.15) is 0 Å². The van der Waals surface area contributed by atoms with E-state index in [-0.39, 0.29) is 11.6 Å². The third kappa shape index (κ3) is 3.14. The lowest BCUT2D eigenvalue weighted by atomic mass is 10.1. The lowest BCUT2D eigenvalue weighted by Gasteiger charge is -2.24. The molecule has 0 saturated heterocycles. The van der Waals surface area contributed by atoms with Crippen molar-refractivity contribution in [3.63, 3.8) is 0 Å². The fourth-order valence-corrected chi connectivity index (χ4v) is 2.16. The number of para-hydroxylation sites is 1. The third-order valence-electron chi connectivity index (χ3n) is 3.28. The molecule has 0 radical (unpaired) electrons. The van der Waals surface area contributed by atoms with E-state index in [9.17, 15) is 8.78 Å². The van der Waals surface area contributed by atoms with Gasteiger partial charge in [0.1, 0.15) is 11.6 Å². The van der Waals surface area contributed by atoms with Crippen LogP contribution in [0.2, 0.25) is 0 Å². The topological polar surface area (TPSA) is 29.3 Å². The minimum atomic E-state index is -0.301. The van der Waals surface area contributed by atoms with E-state index in [0.29, 0.717) is 30.9 Å². The van der Waals surface area contributed by atoms with Crippen molar-refractivity contribution in [3.05, 3.63) is 65.2 Å². The minimum Gasteiger partial charge on any atom is -0.365 e. The fraction of sp³-hybridized carbons (Fsp3) is 0.250. The van der Waals surface area contributed by atoms with Gasteiger partial charge in [-0.25, -0.2) is 8.78 Å². The summed E-state index contributed by atoms with van der Waals surface area (Å²) in [7, 11) is 0. The zero-order chi connectivity index (χ0) is 14.5. The first-order chi connectivity index (χ1) is 9.65. The lowest BCUT2D eigenvalue weighted by molar-refractivity contribution is 0.595. The van der Waals surface area contributed by atoms with Crippen LogP contribution in [0.3, 0.4) is 0 Å². The molecule has 2 nitrogen and oxygen atoms in total. The van der Waals surface area contributed by atoms with E-state index in [1.165, 1.54) is 12.1 Å². The van der Waals surface area contributed by atoms with Crippen LogP contribution in [0.1, 0.15) is 18.1 Å². The Kier molecular flexibility index (Phi) is 4.69. The van der Waals surface area contributed by atoms with Crippen LogP contribution < -0.4 is 10.6 Å². The molecule has 0 aliphatic carbocycles. The standard InChI is InChI=1S/C16H18F2N2/c1-2-20(16-6-4-3-5-15(16)18)11-13-9-12(10-19)7-8-14(13)17/h3-9H,2,10-11,19H2,1H3. The van der Waals surface area contributed by atoms with Crippen LogP contribution in [-0.2, 0) is 13.1 Å². The molecule has 2 N–H and O–H groups in total. The number of anilines is 1. The number of halogens is 2. The van der Waals surface area contributed by atoms with Crippen molar-refractivity contribution in [1.82, 2.24) is 0 Å². The van der Waals surface area contributed by atoms with Crippen molar-refractivity contribution in [1.29, 1.82) is 0 Å². The summed E-state index contributed by atoms with van der Waals surface area (Å²) in [6.45, 7) is 3.18. The van der Waals surface area contributed by atoms with E-state index in [1.807, 2.05) is 6.92 Å². The van der Waals surface area contributed by atoms with Gasteiger partial charge in [0.05, 0.1) is 5.69 Å². The second kappa shape index (κ2) is 6.48. The number of rotatable bonds is 5. The predicted molar refractivity (Wildman–Crippen MR) is 77.4 cm³/mol. The summed E-state index contributed by atoms with van der Waals surface area (Å²) >= 11 is 0. The van der Waals surface area contributed by atoms with E-state index in [4.69, 9.17) is 5.73 Å². The Labute approximate surface area is 117 Å². The van der Waals surface area contributed by atoms with Gasteiger partial charge in [0.15, 0.2) is 0 Å². The van der Waals surface area contributed by atoms with Crippen molar-refractivity contribution in [2.24, 2.45) is 5.73 Å². The normalized spacial score (nSPS) is 10.6. The highest BCUT2D eigenvalue weighted by Gasteiger charge is 2.12. The van der Waals surface area contributed by atoms with Crippen molar-refractivity contribution in [3.8, 4) is 0 Å². The van der Waals surface area contributed by atoms with Gasteiger partial charge in [-0.15, -0.1) is 0 Å². The minimum absolute atomic E-state index is 0.294. The van der Waals surface area contributed by atoms with Crippen molar-refractivity contribution >= 4 is 5.69 Å². The Morgan fingerprint density at radius 2 is 1.80 bits per heavy atom. The summed E-state index contributed by atoms with van der Waals surface area (Å²) in [5.74, 6) is -0.596. The van der Waals surface area contributed by atoms with E-state index < -0.39 is 0 Å². The molecular formula is C16H18F2N2. The molecule has 2 rings (SSSR count). The quantitative estimate of drug-likeness (QED) is 0.906. The van der Waals surface area contributed by atoms with E-state index in [0.717, 1.165) is 5.56 Å². The summed E-state index contributed by atoms with van der Waals surface area (Å²) in [5, 5.41) is 0. The molecule has 2 aromatic carbocycles. The van der Waals surface area contributed by atoms with Crippen molar-refractivity contribution in [2.45, 2.75) is 20.0 Å². The van der Waals surface area contributed by atoms with Crippen LogP contribution in [0.5, 0.6) is 0 Å². The predicted octanol–water partition coefficient (Wildman–Crippen LogP) is 3.45. The Hall–Kier alpha value is -1.94. The van der Waals surface area contributed by atoms with Gasteiger partial charge >= 0.3 is 0 Å². The maximum absolute atomic E-state index is 13.9. The van der Waals surface area contributed by atoms with Gasteiger partial charge in [-0.1, -0.05) is 18.2 Å². The molecule has 0 aromatic heterocycles. The van der Waals surface area contributed by atoms with Crippen LogP contribution in [0, 0.1) is 11.6 Å². The van der Waals surface area contributed by atoms with Crippen molar-refractivity contribution in [2.75, 3.05) is 11.4 Å². The Balaban J connectivity index is 2.29. The summed E-state index contributed by atoms with van der Waals surface area (Å²) < 4.78 is 27.7. The Morgan fingerprint density at radius 3 is 2.45 bits per heavy atom. The van der Waals surface area contributed by atoms with Crippen LogP contribution in [-0.4, -0.2) is 6.54 Å². The van der Waals surface area contributed by atoms with Gasteiger partial charge in [0.2, 0.25) is 0 Å². The molecule has 0 spiro atoms. The van der Waals surface area contributed by atoms with E-state index in [2.05, 4.69) is 0 Å². The fourth-order valence-electron chi connectivity index (χ4n) is 2.16. The van der Waals surface area contributed by atoms with Gasteiger partial charge < -0.3 is 10.6 Å². The number of benzene rings is 2. The summed E-state index contributed by atoms with van der Waals surface area (Å²) in [4.78, 5) is 1.80. The summed E-state index contributed by atoms with van der Waals surface area (Å²) in [6, 6.07) is 11.3. The molecule has 0 heterocycles. The summed E-state index contributed by atoms with van der Waals surface area (Å²) in [6.07, 6.45) is 0. The van der Waals surface area contributed by atoms with Gasteiger partial charge in [0.25, 0.3) is 0 Å². The van der Waals surface area contributed by atoms with Crippen molar-refractivity contribution < 1.29 is 8.78 Å². The zero-order valence-corrected chi connectivity index (χ0v) is 11.4. The molecule has 20 heavy (non-hydrogen) atoms. The highest BCUT2D eigenvalue weighted by atomic mass is 19.1. The van der Waals surface area contributed by atoms with Crippen LogP contribution in [0.4, 0.5) is 14.5 Å². The second-order valence-corrected chi connectivity index (χ2v) is 4.60.